The summed E-state index contributed by atoms with van der Waals surface area (Å²) in [6.45, 7) is 40.5. The average molecular weight is 1340 g/mol. The van der Waals surface area contributed by atoms with Gasteiger partial charge in [0.25, 0.3) is 0 Å². The second-order valence-corrected chi connectivity index (χ2v) is 19.7. The minimum Gasteiger partial charge on any atom is -0.0622 e. The fourth-order valence-corrected chi connectivity index (χ4v) is 13.5. The van der Waals surface area contributed by atoms with E-state index in [2.05, 4.69) is 333 Å². The molecule has 390 valence electrons. The fourth-order valence-electron chi connectivity index (χ4n) is 6.54. The second kappa shape index (κ2) is 61.7. The molecule has 78 heavy (non-hydrogen) atoms. The summed E-state index contributed by atoms with van der Waals surface area (Å²) >= 11 is 0. The predicted octanol–water partition coefficient (Wildman–Crippen LogP) is 9.99. The first kappa shape index (κ1) is 83.1. The van der Waals surface area contributed by atoms with E-state index in [1.165, 1.54) is 47.7 Å². The molecule has 0 radical (unpaired) electrons. The summed E-state index contributed by atoms with van der Waals surface area (Å²) in [5.41, 5.74) is 0. The topological polar surface area (TPSA) is 179 Å². The first-order valence-electron chi connectivity index (χ1n) is 21.0. The number of hydrogen-bond donors (Lipinski definition) is 0. The Morgan fingerprint density at radius 2 is 0.205 bits per heavy atom. The molecule has 0 heterocycles. The maximum atomic E-state index is 7.50. The Hall–Kier alpha value is -6.20. The van der Waals surface area contributed by atoms with E-state index in [-0.39, 0.29) is 58.4 Å². The van der Waals surface area contributed by atoms with Crippen LogP contribution in [-0.2, 0) is 100 Å². The summed E-state index contributed by atoms with van der Waals surface area (Å²) in [5.74, 6) is 0. The van der Waals surface area contributed by atoms with Crippen LogP contribution in [0.2, 0.25) is 0 Å². The molecule has 0 fully saturated rings. The zero-order valence-corrected chi connectivity index (χ0v) is 49.0. The van der Waals surface area contributed by atoms with Crippen LogP contribution in [0.4, 0.5) is 0 Å². The van der Waals surface area contributed by atoms with Gasteiger partial charge in [-0.25, -0.2) is 0 Å². The molecule has 9 aromatic rings. The molecule has 0 unspecified atom stereocenters. The van der Waals surface area contributed by atoms with Gasteiger partial charge >= 0.3 is 102 Å². The van der Waals surface area contributed by atoms with E-state index in [1.54, 1.807) is 0 Å². The van der Waals surface area contributed by atoms with Crippen molar-refractivity contribution in [2.75, 3.05) is 0 Å². The van der Waals surface area contributed by atoms with Crippen LogP contribution in [0.1, 0.15) is 0 Å². The maximum Gasteiger partial charge on any atom is 0 e. The molecule has 0 amide bonds. The van der Waals surface area contributed by atoms with E-state index < -0.39 is 23.8 Å². The van der Waals surface area contributed by atoms with E-state index in [0.29, 0.717) is 0 Å². The Balaban J connectivity index is -0.000000214. The Morgan fingerprint density at radius 1 is 0.141 bits per heavy atom. The maximum absolute atomic E-state index is 7.50. The van der Waals surface area contributed by atoms with Gasteiger partial charge in [0.15, 0.2) is 0 Å². The van der Waals surface area contributed by atoms with Crippen LogP contribution < -0.4 is 47.7 Å². The van der Waals surface area contributed by atoms with Crippen LogP contribution in [0.5, 0.6) is 0 Å². The standard InChI is InChI=1S/3C18H15P.9CO.3Ru/c3*1-4-10-16(11-5-1)19(17-12-6-2-7-13-17)18-14-8-3-9-15-18;9*1-2;;;/h3*1-15H;;;;;;;;;;;;. The minimum absolute atomic E-state index is 0. The largest absolute Gasteiger partial charge is 0.0622 e. The van der Waals surface area contributed by atoms with Crippen LogP contribution >= 0.6 is 23.8 Å². The average Bonchev–Trinajstić information content (AvgIpc) is 3.55. The third kappa shape index (κ3) is 31.9. The normalized spacial score (nSPS) is 7.96. The number of hydrogen-bond acceptors (Lipinski definition) is 0. The molecule has 0 saturated heterocycles. The molecule has 0 saturated carbocycles. The third-order valence-electron chi connectivity index (χ3n) is 9.13. The minimum atomic E-state index is -0.446. The molecule has 0 spiro atoms. The number of benzene rings is 9. The third-order valence-corrected chi connectivity index (χ3v) is 16.5. The summed E-state index contributed by atoms with van der Waals surface area (Å²) in [7, 11) is -1.34. The fraction of sp³-hybridized carbons (Fsp3) is 0. The number of rotatable bonds is 9. The van der Waals surface area contributed by atoms with Gasteiger partial charge in [-0.1, -0.05) is 273 Å². The van der Waals surface area contributed by atoms with Gasteiger partial charge in [-0.2, -0.15) is 0 Å². The zero-order chi connectivity index (χ0) is 56.7. The Bertz CT molecular complexity index is 2270. The van der Waals surface area contributed by atoms with E-state index in [1.807, 2.05) is 0 Å². The SMILES string of the molecule is [C-]#[O+].[C-]#[O+].[C-]#[O+].[C-]#[O+].[C-]#[O+].[C-]#[O+].[C-]#[O+].[C-]#[O+].[C-]#[O+].[Ru].[Ru].[Ru].c1ccc(P(c2ccccc2)c2ccccc2)cc1.c1ccc(P(c2ccccc2)c2ccccc2)cc1.c1ccc(P(c2ccccc2)c2ccccc2)cc1. The van der Waals surface area contributed by atoms with Crippen molar-refractivity contribution in [3.8, 4) is 0 Å². The molecule has 9 rings (SSSR count). The van der Waals surface area contributed by atoms with Gasteiger partial charge in [-0.3, -0.25) is 0 Å². The van der Waals surface area contributed by atoms with Gasteiger partial charge in [0.1, 0.15) is 0 Å². The molecular formula is C63H45O9P3Ru3. The van der Waals surface area contributed by atoms with E-state index >= 15 is 0 Å². The van der Waals surface area contributed by atoms with Crippen LogP contribution in [0.25, 0.3) is 0 Å². The van der Waals surface area contributed by atoms with Crippen molar-refractivity contribution < 1.29 is 100 Å². The van der Waals surface area contributed by atoms with Crippen molar-refractivity contribution in [1.82, 2.24) is 0 Å². The first-order chi connectivity index (χ1) is 37.3. The quantitative estimate of drug-likeness (QED) is 0.0579. The van der Waals surface area contributed by atoms with E-state index in [0.717, 1.165) is 0 Å². The molecule has 15 heteroatoms. The molecule has 0 aromatic heterocycles. The molecule has 0 N–H and O–H groups in total. The van der Waals surface area contributed by atoms with Crippen molar-refractivity contribution in [2.45, 2.75) is 0 Å². The van der Waals surface area contributed by atoms with E-state index in [4.69, 9.17) is 41.9 Å². The van der Waals surface area contributed by atoms with Gasteiger partial charge in [-0.05, 0) is 71.5 Å². The Morgan fingerprint density at radius 3 is 0.269 bits per heavy atom. The van der Waals surface area contributed by atoms with Crippen LogP contribution in [0.15, 0.2) is 273 Å². The van der Waals surface area contributed by atoms with Crippen molar-refractivity contribution in [1.29, 1.82) is 0 Å². The summed E-state index contributed by atoms with van der Waals surface area (Å²) in [4.78, 5) is 0. The monoisotopic (exact) mass is 1340 g/mol. The second-order valence-electron chi connectivity index (χ2n) is 13.0. The van der Waals surface area contributed by atoms with Crippen LogP contribution in [0.3, 0.4) is 0 Å². The molecular weight excluding hydrogens is 1300 g/mol. The van der Waals surface area contributed by atoms with Crippen molar-refractivity contribution in [3.05, 3.63) is 333 Å². The van der Waals surface area contributed by atoms with Gasteiger partial charge in [0.2, 0.25) is 0 Å². The molecule has 0 aliphatic carbocycles. The summed E-state index contributed by atoms with van der Waals surface area (Å²) in [6, 6.07) is 97.0. The summed E-state index contributed by atoms with van der Waals surface area (Å²) in [6.07, 6.45) is 0. The van der Waals surface area contributed by atoms with Gasteiger partial charge < -0.3 is 0 Å². The van der Waals surface area contributed by atoms with Gasteiger partial charge in [0, 0.05) is 58.4 Å². The van der Waals surface area contributed by atoms with Crippen molar-refractivity contribution >= 4 is 71.5 Å². The molecule has 0 atom stereocenters. The van der Waals surface area contributed by atoms with Crippen LogP contribution in [0, 0.1) is 59.9 Å². The van der Waals surface area contributed by atoms with Crippen molar-refractivity contribution in [2.24, 2.45) is 0 Å². The van der Waals surface area contributed by atoms with Gasteiger partial charge in [-0.15, -0.1) is 0 Å². The zero-order valence-electron chi connectivity index (χ0n) is 41.1. The Kier molecular flexibility index (Phi) is 65.7. The molecule has 9 nitrogen and oxygen atoms in total. The summed E-state index contributed by atoms with van der Waals surface area (Å²) < 4.78 is 67.5. The van der Waals surface area contributed by atoms with E-state index in [9.17, 15) is 0 Å². The molecule has 0 bridgehead atoms. The predicted molar refractivity (Wildman–Crippen MR) is 291 cm³/mol. The van der Waals surface area contributed by atoms with Crippen LogP contribution in [-0.4, -0.2) is 0 Å². The summed E-state index contributed by atoms with van der Waals surface area (Å²) in [5, 5.41) is 12.6. The first-order valence-corrected chi connectivity index (χ1v) is 25.1. The molecule has 0 aliphatic heterocycles. The molecule has 9 aromatic carbocycles. The Labute approximate surface area is 500 Å². The van der Waals surface area contributed by atoms with Gasteiger partial charge in [0.05, 0.1) is 0 Å². The van der Waals surface area contributed by atoms with Crippen molar-refractivity contribution in [3.63, 3.8) is 0 Å². The smallest absolute Gasteiger partial charge is 0 e. The molecule has 0 aliphatic rings.